The summed E-state index contributed by atoms with van der Waals surface area (Å²) in [6.07, 6.45) is 1.83. The van der Waals surface area contributed by atoms with Gasteiger partial charge in [-0.2, -0.15) is 0 Å². The third kappa shape index (κ3) is 7.73. The fourth-order valence-electron chi connectivity index (χ4n) is 6.11. The highest BCUT2D eigenvalue weighted by atomic mass is 28.4. The number of hydrogen-bond donors (Lipinski definition) is 1. The molecule has 42 heavy (non-hydrogen) atoms. The zero-order chi connectivity index (χ0) is 31.3. The summed E-state index contributed by atoms with van der Waals surface area (Å²) in [5.41, 5.74) is 0. The normalized spacial score (nSPS) is 20.9. The lowest BCUT2D eigenvalue weighted by atomic mass is 10.0. The minimum atomic E-state index is -2.89. The van der Waals surface area contributed by atoms with E-state index in [4.69, 9.17) is 18.3 Å². The standard InChI is InChI=1S/C35H56O5Si2/c1-12-19-31(36)33(30-24-29(30)32(38-25-37-9)26(2)39-41(10,11)34(3,4)5)40-42(35(6,7)8,27-20-15-13-16-21-27)28-22-17-14-18-23-28/h12-18,20-23,26,29-33,36H,1,19,24-25H2,2-11H3/t26-,29+,30+,31-,32+,33+/m1/s1. The molecule has 1 aliphatic rings. The van der Waals surface area contributed by atoms with Gasteiger partial charge in [-0.05, 0) is 65.1 Å². The molecule has 2 aromatic carbocycles. The summed E-state index contributed by atoms with van der Waals surface area (Å²) in [4.78, 5) is 0. The summed E-state index contributed by atoms with van der Waals surface area (Å²) >= 11 is 0. The van der Waals surface area contributed by atoms with E-state index in [2.05, 4.69) is 129 Å². The Labute approximate surface area is 257 Å². The molecule has 234 valence electrons. The van der Waals surface area contributed by atoms with Crippen LogP contribution in [0.1, 0.15) is 61.3 Å². The van der Waals surface area contributed by atoms with Crippen molar-refractivity contribution in [3.63, 3.8) is 0 Å². The van der Waals surface area contributed by atoms with Crippen LogP contribution >= 0.6 is 0 Å². The molecule has 0 saturated heterocycles. The average molecular weight is 613 g/mol. The summed E-state index contributed by atoms with van der Waals surface area (Å²) in [7, 11) is -3.27. The monoisotopic (exact) mass is 612 g/mol. The van der Waals surface area contributed by atoms with Crippen LogP contribution < -0.4 is 10.4 Å². The molecule has 0 aliphatic heterocycles. The molecule has 5 nitrogen and oxygen atoms in total. The van der Waals surface area contributed by atoms with E-state index >= 15 is 0 Å². The molecule has 0 amide bonds. The zero-order valence-electron chi connectivity index (χ0n) is 27.7. The summed E-state index contributed by atoms with van der Waals surface area (Å²) in [5.74, 6) is 0.302. The van der Waals surface area contributed by atoms with Crippen LogP contribution in [-0.2, 0) is 18.3 Å². The predicted octanol–water partition coefficient (Wildman–Crippen LogP) is 6.90. The minimum Gasteiger partial charge on any atom is -0.412 e. The highest BCUT2D eigenvalue weighted by Crippen LogP contribution is 2.51. The fraction of sp³-hybridized carbons (Fsp3) is 0.600. The van der Waals surface area contributed by atoms with Crippen molar-refractivity contribution in [3.8, 4) is 0 Å². The van der Waals surface area contributed by atoms with Crippen molar-refractivity contribution < 1.29 is 23.4 Å². The molecule has 1 saturated carbocycles. The van der Waals surface area contributed by atoms with Gasteiger partial charge >= 0.3 is 0 Å². The van der Waals surface area contributed by atoms with E-state index in [1.54, 1.807) is 13.2 Å². The minimum absolute atomic E-state index is 0.0884. The Morgan fingerprint density at radius 3 is 1.79 bits per heavy atom. The van der Waals surface area contributed by atoms with Gasteiger partial charge in [0.2, 0.25) is 0 Å². The molecule has 1 aliphatic carbocycles. The van der Waals surface area contributed by atoms with Crippen molar-refractivity contribution in [1.29, 1.82) is 0 Å². The van der Waals surface area contributed by atoms with E-state index in [9.17, 15) is 5.11 Å². The van der Waals surface area contributed by atoms with Crippen molar-refractivity contribution in [2.75, 3.05) is 13.9 Å². The average Bonchev–Trinajstić information content (AvgIpc) is 3.69. The molecular weight excluding hydrogens is 557 g/mol. The highest BCUT2D eigenvalue weighted by molar-refractivity contribution is 6.99. The Bertz CT molecular complexity index is 1070. The lowest BCUT2D eigenvalue weighted by molar-refractivity contribution is -0.117. The molecule has 1 fully saturated rings. The number of hydrogen-bond acceptors (Lipinski definition) is 5. The molecule has 2 aromatic rings. The molecule has 6 atom stereocenters. The lowest BCUT2D eigenvalue weighted by Crippen LogP contribution is -2.68. The fourth-order valence-corrected chi connectivity index (χ4v) is 12.3. The second-order valence-electron chi connectivity index (χ2n) is 14.5. The SMILES string of the molecule is C=CC[C@@H](O)[C@@H](O[Si](c1ccccc1)(c1ccccc1)C(C)(C)C)[C@H]1C[C@@H]1[C@@H](OCOC)[C@@H](C)O[Si](C)(C)C(C)(C)C. The van der Waals surface area contributed by atoms with Crippen LogP contribution in [0.15, 0.2) is 73.3 Å². The first kappa shape index (κ1) is 34.9. The van der Waals surface area contributed by atoms with Crippen molar-refractivity contribution in [2.24, 2.45) is 11.8 Å². The molecular formula is C35H56O5Si2. The molecule has 0 spiro atoms. The maximum absolute atomic E-state index is 11.7. The second kappa shape index (κ2) is 14.0. The molecule has 0 heterocycles. The van der Waals surface area contributed by atoms with Crippen LogP contribution in [0, 0.1) is 11.8 Å². The number of methoxy groups -OCH3 is 1. The summed E-state index contributed by atoms with van der Waals surface area (Å²) in [6, 6.07) is 21.3. The molecule has 3 rings (SSSR count). The van der Waals surface area contributed by atoms with E-state index < -0.39 is 22.7 Å². The van der Waals surface area contributed by atoms with Gasteiger partial charge in [0.1, 0.15) is 6.79 Å². The van der Waals surface area contributed by atoms with Crippen LogP contribution in [-0.4, -0.2) is 60.1 Å². The first-order valence-corrected chi connectivity index (χ1v) is 20.3. The van der Waals surface area contributed by atoms with E-state index in [-0.39, 0.29) is 47.0 Å². The van der Waals surface area contributed by atoms with Gasteiger partial charge in [0.25, 0.3) is 8.32 Å². The number of aliphatic hydroxyl groups is 1. The smallest absolute Gasteiger partial charge is 0.261 e. The Kier molecular flexibility index (Phi) is 11.6. The molecule has 7 heteroatoms. The summed E-state index contributed by atoms with van der Waals surface area (Å²) in [5, 5.41) is 14.0. The van der Waals surface area contributed by atoms with Crippen molar-refractivity contribution in [1.82, 2.24) is 0 Å². The third-order valence-electron chi connectivity index (χ3n) is 9.38. The zero-order valence-corrected chi connectivity index (χ0v) is 29.7. The van der Waals surface area contributed by atoms with Crippen molar-refractivity contribution in [2.45, 2.75) is 109 Å². The van der Waals surface area contributed by atoms with Gasteiger partial charge in [0.05, 0.1) is 24.4 Å². The Hall–Kier alpha value is -1.59. The lowest BCUT2D eigenvalue weighted by Gasteiger charge is -2.46. The molecule has 0 bridgehead atoms. The Morgan fingerprint density at radius 2 is 1.36 bits per heavy atom. The van der Waals surface area contributed by atoms with E-state index in [1.165, 1.54) is 10.4 Å². The van der Waals surface area contributed by atoms with Gasteiger partial charge in [-0.25, -0.2) is 0 Å². The number of ether oxygens (including phenoxy) is 2. The van der Waals surface area contributed by atoms with Crippen LogP contribution in [0.25, 0.3) is 0 Å². The Morgan fingerprint density at radius 1 is 0.857 bits per heavy atom. The second-order valence-corrected chi connectivity index (χ2v) is 23.5. The summed E-state index contributed by atoms with van der Waals surface area (Å²) < 4.78 is 26.1. The topological polar surface area (TPSA) is 57.2 Å². The van der Waals surface area contributed by atoms with Gasteiger partial charge < -0.3 is 23.4 Å². The number of benzene rings is 2. The number of aliphatic hydroxyl groups excluding tert-OH is 1. The maximum atomic E-state index is 11.7. The van der Waals surface area contributed by atoms with E-state index in [1.807, 2.05) is 0 Å². The van der Waals surface area contributed by atoms with Gasteiger partial charge in [-0.3, -0.25) is 0 Å². The third-order valence-corrected chi connectivity index (χ3v) is 19.0. The van der Waals surface area contributed by atoms with E-state index in [0.29, 0.717) is 6.42 Å². The molecule has 0 aromatic heterocycles. The van der Waals surface area contributed by atoms with Gasteiger partial charge in [0, 0.05) is 7.11 Å². The first-order chi connectivity index (χ1) is 19.6. The maximum Gasteiger partial charge on any atom is 0.261 e. The molecule has 0 unspecified atom stereocenters. The van der Waals surface area contributed by atoms with Gasteiger partial charge in [0.15, 0.2) is 8.32 Å². The summed E-state index contributed by atoms with van der Waals surface area (Å²) in [6.45, 7) is 24.5. The van der Waals surface area contributed by atoms with Crippen LogP contribution in [0.3, 0.4) is 0 Å². The Balaban J connectivity index is 2.05. The van der Waals surface area contributed by atoms with Crippen LogP contribution in [0.2, 0.25) is 23.2 Å². The molecule has 0 radical (unpaired) electrons. The first-order valence-electron chi connectivity index (χ1n) is 15.5. The van der Waals surface area contributed by atoms with Crippen molar-refractivity contribution in [3.05, 3.63) is 73.3 Å². The van der Waals surface area contributed by atoms with Crippen LogP contribution in [0.5, 0.6) is 0 Å². The molecule has 1 N–H and O–H groups in total. The van der Waals surface area contributed by atoms with Gasteiger partial charge in [-0.15, -0.1) is 6.58 Å². The van der Waals surface area contributed by atoms with E-state index in [0.717, 1.165) is 6.42 Å². The van der Waals surface area contributed by atoms with Gasteiger partial charge in [-0.1, -0.05) is 108 Å². The predicted molar refractivity (Wildman–Crippen MR) is 179 cm³/mol. The largest absolute Gasteiger partial charge is 0.412 e. The highest BCUT2D eigenvalue weighted by Gasteiger charge is 2.58. The number of rotatable bonds is 15. The quantitative estimate of drug-likeness (QED) is 0.135. The van der Waals surface area contributed by atoms with Crippen molar-refractivity contribution >= 4 is 27.0 Å². The van der Waals surface area contributed by atoms with Crippen LogP contribution in [0.4, 0.5) is 0 Å².